The molecule has 0 aromatic heterocycles. The van der Waals surface area contributed by atoms with Crippen LogP contribution >= 0.6 is 0 Å². The number of aliphatic hydroxyl groups is 1. The quantitative estimate of drug-likeness (QED) is 0.518. The average Bonchev–Trinajstić information content (AvgIpc) is 2.01. The minimum atomic E-state index is -0.296. The molecule has 0 amide bonds. The maximum atomic E-state index is 9.51. The maximum Gasteiger partial charge on any atom is 0.101 e. The zero-order valence-electron chi connectivity index (χ0n) is 9.39. The van der Waals surface area contributed by atoms with Gasteiger partial charge in [-0.3, -0.25) is 5.41 Å². The van der Waals surface area contributed by atoms with Crippen molar-refractivity contribution < 1.29 is 5.11 Å². The molecule has 0 bridgehead atoms. The van der Waals surface area contributed by atoms with Gasteiger partial charge in [-0.2, -0.15) is 0 Å². The monoisotopic (exact) mass is 186 g/mol. The normalized spacial score (nSPS) is 14.0. The van der Waals surface area contributed by atoms with E-state index < -0.39 is 0 Å². The molecule has 78 valence electrons. The van der Waals surface area contributed by atoms with Crippen molar-refractivity contribution in [2.24, 2.45) is 5.41 Å². The topological polar surface area (TPSA) is 47.3 Å². The van der Waals surface area contributed by atoms with Crippen LogP contribution in [-0.4, -0.2) is 36.0 Å². The first kappa shape index (κ1) is 12.4. The van der Waals surface area contributed by atoms with Crippen molar-refractivity contribution in [1.29, 1.82) is 5.41 Å². The standard InChI is InChI=1S/C10H22N2O/c1-6-8(13)7-10(2,3)9(11)12(4)5/h8,11,13H,6-7H2,1-5H3. The summed E-state index contributed by atoms with van der Waals surface area (Å²) >= 11 is 0. The van der Waals surface area contributed by atoms with Crippen LogP contribution in [0.15, 0.2) is 0 Å². The summed E-state index contributed by atoms with van der Waals surface area (Å²) in [4.78, 5) is 1.79. The molecule has 0 heterocycles. The Morgan fingerprint density at radius 2 is 1.92 bits per heavy atom. The Labute approximate surface area is 81.3 Å². The molecule has 1 atom stereocenters. The SMILES string of the molecule is CCC(O)CC(C)(C)C(=N)N(C)C. The molecule has 2 N–H and O–H groups in total. The highest BCUT2D eigenvalue weighted by molar-refractivity contribution is 5.84. The summed E-state index contributed by atoms with van der Waals surface area (Å²) in [5.41, 5.74) is -0.237. The molecule has 0 aliphatic rings. The van der Waals surface area contributed by atoms with Crippen LogP contribution in [0.4, 0.5) is 0 Å². The molecule has 0 spiro atoms. The fraction of sp³-hybridized carbons (Fsp3) is 0.900. The minimum Gasteiger partial charge on any atom is -0.393 e. The number of nitrogens with one attached hydrogen (secondary N) is 1. The lowest BCUT2D eigenvalue weighted by atomic mass is 9.84. The van der Waals surface area contributed by atoms with Crippen LogP contribution < -0.4 is 0 Å². The van der Waals surface area contributed by atoms with Crippen LogP contribution in [-0.2, 0) is 0 Å². The molecular weight excluding hydrogens is 164 g/mol. The van der Waals surface area contributed by atoms with Crippen molar-refractivity contribution in [3.05, 3.63) is 0 Å². The zero-order valence-corrected chi connectivity index (χ0v) is 9.39. The van der Waals surface area contributed by atoms with Crippen LogP contribution in [0.3, 0.4) is 0 Å². The Hall–Kier alpha value is -0.570. The highest BCUT2D eigenvalue weighted by Gasteiger charge is 2.27. The lowest BCUT2D eigenvalue weighted by Gasteiger charge is -2.31. The van der Waals surface area contributed by atoms with Crippen LogP contribution in [0.2, 0.25) is 0 Å². The molecule has 0 aromatic carbocycles. The predicted molar refractivity (Wildman–Crippen MR) is 56.1 cm³/mol. The third-order valence-electron chi connectivity index (χ3n) is 2.31. The Morgan fingerprint density at radius 1 is 1.46 bits per heavy atom. The largest absolute Gasteiger partial charge is 0.393 e. The molecule has 1 unspecified atom stereocenters. The van der Waals surface area contributed by atoms with Crippen molar-refractivity contribution in [2.45, 2.75) is 39.7 Å². The molecule has 0 radical (unpaired) electrons. The van der Waals surface area contributed by atoms with Gasteiger partial charge >= 0.3 is 0 Å². The molecule has 3 nitrogen and oxygen atoms in total. The van der Waals surface area contributed by atoms with Gasteiger partial charge in [0.1, 0.15) is 5.84 Å². The van der Waals surface area contributed by atoms with E-state index in [0.29, 0.717) is 12.3 Å². The first-order valence-corrected chi connectivity index (χ1v) is 4.75. The summed E-state index contributed by atoms with van der Waals surface area (Å²) in [6.45, 7) is 5.95. The van der Waals surface area contributed by atoms with E-state index in [1.54, 1.807) is 4.90 Å². The van der Waals surface area contributed by atoms with Gasteiger partial charge in [0.25, 0.3) is 0 Å². The van der Waals surface area contributed by atoms with Gasteiger partial charge in [-0.1, -0.05) is 20.8 Å². The number of amidine groups is 1. The summed E-state index contributed by atoms with van der Waals surface area (Å²) in [6, 6.07) is 0. The van der Waals surface area contributed by atoms with Gasteiger partial charge in [0, 0.05) is 19.5 Å². The van der Waals surface area contributed by atoms with E-state index in [9.17, 15) is 5.11 Å². The number of nitrogens with zero attached hydrogens (tertiary/aromatic N) is 1. The highest BCUT2D eigenvalue weighted by atomic mass is 16.3. The highest BCUT2D eigenvalue weighted by Crippen LogP contribution is 2.25. The molecule has 0 aliphatic carbocycles. The van der Waals surface area contributed by atoms with Crippen molar-refractivity contribution >= 4 is 5.84 Å². The molecule has 0 saturated heterocycles. The first-order valence-electron chi connectivity index (χ1n) is 4.75. The van der Waals surface area contributed by atoms with Gasteiger partial charge < -0.3 is 10.0 Å². The van der Waals surface area contributed by atoms with E-state index in [1.807, 2.05) is 34.9 Å². The Kier molecular flexibility index (Phi) is 4.40. The van der Waals surface area contributed by atoms with Crippen molar-refractivity contribution in [3.63, 3.8) is 0 Å². The van der Waals surface area contributed by atoms with Crippen molar-refractivity contribution in [2.75, 3.05) is 14.1 Å². The molecule has 0 aliphatic heterocycles. The smallest absolute Gasteiger partial charge is 0.101 e. The number of hydrogen-bond acceptors (Lipinski definition) is 2. The maximum absolute atomic E-state index is 9.51. The summed E-state index contributed by atoms with van der Waals surface area (Å²) in [5.74, 6) is 0.569. The fourth-order valence-electron chi connectivity index (χ4n) is 1.44. The lowest BCUT2D eigenvalue weighted by Crippen LogP contribution is -2.37. The van der Waals surface area contributed by atoms with Gasteiger partial charge in [0.2, 0.25) is 0 Å². The minimum absolute atomic E-state index is 0.237. The molecular formula is C10H22N2O. The molecule has 0 saturated carbocycles. The van der Waals surface area contributed by atoms with Gasteiger partial charge in [-0.25, -0.2) is 0 Å². The number of rotatable bonds is 4. The Balaban J connectivity index is 4.30. The Bertz CT molecular complexity index is 176. The zero-order chi connectivity index (χ0) is 10.6. The van der Waals surface area contributed by atoms with E-state index in [4.69, 9.17) is 5.41 Å². The van der Waals surface area contributed by atoms with Gasteiger partial charge in [-0.15, -0.1) is 0 Å². The third-order valence-corrected chi connectivity index (χ3v) is 2.31. The summed E-state index contributed by atoms with van der Waals surface area (Å²) in [6.07, 6.45) is 1.11. The molecule has 0 aromatic rings. The van der Waals surface area contributed by atoms with Crippen molar-refractivity contribution in [1.82, 2.24) is 4.90 Å². The van der Waals surface area contributed by atoms with E-state index in [-0.39, 0.29) is 11.5 Å². The van der Waals surface area contributed by atoms with Gasteiger partial charge in [-0.05, 0) is 12.8 Å². The lowest BCUT2D eigenvalue weighted by molar-refractivity contribution is 0.129. The van der Waals surface area contributed by atoms with E-state index >= 15 is 0 Å². The average molecular weight is 186 g/mol. The van der Waals surface area contributed by atoms with Crippen LogP contribution in [0.25, 0.3) is 0 Å². The fourth-order valence-corrected chi connectivity index (χ4v) is 1.44. The summed E-state index contributed by atoms with van der Waals surface area (Å²) < 4.78 is 0. The second kappa shape index (κ2) is 4.61. The van der Waals surface area contributed by atoms with Crippen LogP contribution in [0, 0.1) is 10.8 Å². The molecule has 0 rings (SSSR count). The van der Waals surface area contributed by atoms with Crippen LogP contribution in [0.5, 0.6) is 0 Å². The van der Waals surface area contributed by atoms with E-state index in [0.717, 1.165) is 6.42 Å². The second-order valence-electron chi connectivity index (χ2n) is 4.39. The van der Waals surface area contributed by atoms with E-state index in [2.05, 4.69) is 0 Å². The Morgan fingerprint density at radius 3 is 2.23 bits per heavy atom. The molecule has 13 heavy (non-hydrogen) atoms. The predicted octanol–water partition coefficient (Wildman–Crippen LogP) is 1.71. The number of aliphatic hydroxyl groups excluding tert-OH is 1. The van der Waals surface area contributed by atoms with Gasteiger partial charge in [0.15, 0.2) is 0 Å². The van der Waals surface area contributed by atoms with Gasteiger partial charge in [0.05, 0.1) is 6.10 Å². The number of hydrogen-bond donors (Lipinski definition) is 2. The first-order chi connectivity index (χ1) is 5.81. The van der Waals surface area contributed by atoms with Crippen LogP contribution in [0.1, 0.15) is 33.6 Å². The second-order valence-corrected chi connectivity index (χ2v) is 4.39. The molecule has 3 heteroatoms. The summed E-state index contributed by atoms with van der Waals surface area (Å²) in [7, 11) is 3.73. The third kappa shape index (κ3) is 3.77. The van der Waals surface area contributed by atoms with Crippen molar-refractivity contribution in [3.8, 4) is 0 Å². The molecule has 0 fully saturated rings. The summed E-state index contributed by atoms with van der Waals surface area (Å²) in [5, 5.41) is 17.3. The van der Waals surface area contributed by atoms with E-state index in [1.165, 1.54) is 0 Å².